The van der Waals surface area contributed by atoms with Crippen LogP contribution >= 0.6 is 11.6 Å². The van der Waals surface area contributed by atoms with Crippen molar-refractivity contribution in [3.05, 3.63) is 58.5 Å². The van der Waals surface area contributed by atoms with Gasteiger partial charge in [-0.1, -0.05) is 23.7 Å². The molecule has 3 aromatic rings. The summed E-state index contributed by atoms with van der Waals surface area (Å²) < 4.78 is 55.1. The molecule has 1 saturated heterocycles. The molecule has 2 N–H and O–H groups in total. The molecule has 240 valence electrons. The highest BCUT2D eigenvalue weighted by molar-refractivity contribution is 6.35. The molecule has 0 spiro atoms. The van der Waals surface area contributed by atoms with Crippen LogP contribution in [0.3, 0.4) is 0 Å². The van der Waals surface area contributed by atoms with Gasteiger partial charge in [-0.05, 0) is 48.6 Å². The van der Waals surface area contributed by atoms with E-state index in [2.05, 4.69) is 15.5 Å². The highest BCUT2D eigenvalue weighted by atomic mass is 35.5. The Hall–Kier alpha value is -3.71. The largest absolute Gasteiger partial charge is 0.406 e. The molecule has 1 saturated carbocycles. The van der Waals surface area contributed by atoms with Crippen molar-refractivity contribution in [2.45, 2.75) is 57.3 Å². The molecule has 2 fully saturated rings. The minimum absolute atomic E-state index is 0.0588. The minimum Gasteiger partial charge on any atom is -0.343 e. The predicted molar refractivity (Wildman–Crippen MR) is 159 cm³/mol. The third kappa shape index (κ3) is 6.11. The number of carbonyl (C=O) groups excluding carboxylic acids is 3. The van der Waals surface area contributed by atoms with Gasteiger partial charge in [-0.25, -0.2) is 4.39 Å². The number of benzene rings is 2. The van der Waals surface area contributed by atoms with Gasteiger partial charge in [0.2, 0.25) is 17.7 Å². The fourth-order valence-electron chi connectivity index (χ4n) is 6.99. The fourth-order valence-corrected chi connectivity index (χ4v) is 7.25. The van der Waals surface area contributed by atoms with Gasteiger partial charge >= 0.3 is 6.18 Å². The number of piperidine rings is 1. The maximum absolute atomic E-state index is 14.2. The number of para-hydroxylation sites is 1. The van der Waals surface area contributed by atoms with E-state index in [1.165, 1.54) is 24.1 Å². The van der Waals surface area contributed by atoms with Crippen molar-refractivity contribution >= 4 is 45.9 Å². The van der Waals surface area contributed by atoms with Crippen molar-refractivity contribution in [3.8, 4) is 0 Å². The molecule has 6 rings (SSSR count). The zero-order valence-corrected chi connectivity index (χ0v) is 25.3. The second kappa shape index (κ2) is 11.9. The topological polar surface area (TPSA) is 102 Å². The van der Waals surface area contributed by atoms with Gasteiger partial charge < -0.3 is 20.0 Å². The average molecular weight is 649 g/mol. The molecule has 2 aliphatic heterocycles. The molecule has 2 atom stereocenters. The highest BCUT2D eigenvalue weighted by Gasteiger charge is 2.65. The number of nitrogens with zero attached hydrogens (tertiary/aromatic N) is 4. The third-order valence-corrected chi connectivity index (χ3v) is 9.62. The van der Waals surface area contributed by atoms with Crippen LogP contribution in [0.15, 0.2) is 36.5 Å². The summed E-state index contributed by atoms with van der Waals surface area (Å²) in [6.45, 7) is 1.25. The molecule has 45 heavy (non-hydrogen) atoms. The number of amides is 3. The van der Waals surface area contributed by atoms with Crippen LogP contribution in [0.1, 0.15) is 49.7 Å². The molecule has 9 nitrogen and oxygen atoms in total. The van der Waals surface area contributed by atoms with Gasteiger partial charge in [0, 0.05) is 63.4 Å². The smallest absolute Gasteiger partial charge is 0.343 e. The Labute approximate surface area is 261 Å². The van der Waals surface area contributed by atoms with Crippen molar-refractivity contribution in [1.29, 1.82) is 0 Å². The van der Waals surface area contributed by atoms with Crippen molar-refractivity contribution in [1.82, 2.24) is 25.3 Å². The van der Waals surface area contributed by atoms with Gasteiger partial charge in [-0.2, -0.15) is 18.3 Å². The number of halogens is 5. The first-order valence-corrected chi connectivity index (χ1v) is 15.3. The van der Waals surface area contributed by atoms with Crippen molar-refractivity contribution in [2.75, 3.05) is 37.6 Å². The zero-order valence-electron chi connectivity index (χ0n) is 24.6. The molecule has 1 aromatic heterocycles. The normalized spacial score (nSPS) is 21.8. The van der Waals surface area contributed by atoms with Crippen LogP contribution in [-0.2, 0) is 20.9 Å². The Morgan fingerprint density at radius 2 is 1.96 bits per heavy atom. The first-order chi connectivity index (χ1) is 21.4. The van der Waals surface area contributed by atoms with Crippen LogP contribution in [-0.4, -0.2) is 82.7 Å². The van der Waals surface area contributed by atoms with Crippen LogP contribution < -0.4 is 10.2 Å². The zero-order chi connectivity index (χ0) is 32.1. The Kier molecular flexibility index (Phi) is 8.27. The monoisotopic (exact) mass is 648 g/mol. The maximum Gasteiger partial charge on any atom is 0.406 e. The Morgan fingerprint density at radius 3 is 2.64 bits per heavy atom. The van der Waals surface area contributed by atoms with E-state index in [0.717, 1.165) is 4.90 Å². The van der Waals surface area contributed by atoms with Gasteiger partial charge in [0.15, 0.2) is 0 Å². The number of rotatable bonds is 8. The average Bonchev–Trinajstić information content (AvgIpc) is 3.49. The number of fused-ring (bicyclic) bond motifs is 5. The molecular weight excluding hydrogens is 616 g/mol. The summed E-state index contributed by atoms with van der Waals surface area (Å²) in [5.41, 5.74) is 0.717. The molecule has 3 amide bonds. The second-order valence-electron chi connectivity index (χ2n) is 12.2. The molecule has 0 radical (unpaired) electrons. The van der Waals surface area contributed by atoms with Crippen molar-refractivity contribution in [2.24, 2.45) is 5.41 Å². The summed E-state index contributed by atoms with van der Waals surface area (Å²) in [5.74, 6) is -2.11. The summed E-state index contributed by atoms with van der Waals surface area (Å²) in [7, 11) is 0. The molecule has 0 bridgehead atoms. The molecule has 1 unspecified atom stereocenters. The minimum atomic E-state index is -4.61. The van der Waals surface area contributed by atoms with Gasteiger partial charge in [0.1, 0.15) is 12.4 Å². The molecule has 2 aromatic carbocycles. The summed E-state index contributed by atoms with van der Waals surface area (Å²) in [4.78, 5) is 43.3. The lowest BCUT2D eigenvalue weighted by atomic mass is 9.91. The predicted octanol–water partition coefficient (Wildman–Crippen LogP) is 4.76. The fraction of sp³-hybridized carbons (Fsp3) is 0.484. The Morgan fingerprint density at radius 1 is 1.22 bits per heavy atom. The standard InChI is InChI=1S/C31H33ClF4N6O3/c1-18(43)42(26-5-3-2-4-25(26)33)11-8-37-19-6-9-40(10-7-19)27(44)14-30-13-23(30)20-12-24(32)28-21(15-38-39-28)22(20)16-41(29(30)45)17-31(34,35)36/h2-5,12,15,19,23,37H,6-11,13-14,16-17H2,1H3,(H,38,39)/t23-,30?/m1/s1. The summed E-state index contributed by atoms with van der Waals surface area (Å²) in [6, 6.07) is 7.83. The lowest BCUT2D eigenvalue weighted by Crippen LogP contribution is -2.48. The molecular formula is C31H33ClF4N6O3. The first-order valence-electron chi connectivity index (χ1n) is 14.9. The number of anilines is 1. The first kappa shape index (κ1) is 31.3. The number of alkyl halides is 3. The van der Waals surface area contributed by atoms with Crippen molar-refractivity contribution < 1.29 is 31.9 Å². The van der Waals surface area contributed by atoms with E-state index in [1.54, 1.807) is 29.2 Å². The Balaban J connectivity index is 1.11. The van der Waals surface area contributed by atoms with E-state index in [-0.39, 0.29) is 49.5 Å². The number of hydrogen-bond acceptors (Lipinski definition) is 5. The van der Waals surface area contributed by atoms with E-state index in [9.17, 15) is 31.9 Å². The van der Waals surface area contributed by atoms with Crippen LogP contribution in [0.25, 0.3) is 10.9 Å². The number of nitrogens with one attached hydrogen (secondary N) is 2. The van der Waals surface area contributed by atoms with Gasteiger partial charge in [-0.15, -0.1) is 0 Å². The molecule has 1 aliphatic carbocycles. The summed E-state index contributed by atoms with van der Waals surface area (Å²) >= 11 is 6.48. The van der Waals surface area contributed by atoms with E-state index in [4.69, 9.17) is 11.6 Å². The summed E-state index contributed by atoms with van der Waals surface area (Å²) in [5, 5.41) is 11.1. The number of H-pyrrole nitrogens is 1. The van der Waals surface area contributed by atoms with E-state index >= 15 is 0 Å². The van der Waals surface area contributed by atoms with Crippen LogP contribution in [0.4, 0.5) is 23.2 Å². The van der Waals surface area contributed by atoms with E-state index in [0.29, 0.717) is 59.5 Å². The lowest BCUT2D eigenvalue weighted by molar-refractivity contribution is -0.166. The second-order valence-corrected chi connectivity index (χ2v) is 12.6. The molecule has 3 aliphatic rings. The van der Waals surface area contributed by atoms with E-state index in [1.807, 2.05) is 0 Å². The van der Waals surface area contributed by atoms with Crippen molar-refractivity contribution in [3.63, 3.8) is 0 Å². The van der Waals surface area contributed by atoms with Gasteiger partial charge in [0.25, 0.3) is 0 Å². The number of carbonyl (C=O) groups is 3. The number of likely N-dealkylation sites (tertiary alicyclic amines) is 1. The van der Waals surface area contributed by atoms with Crippen LogP contribution in [0, 0.1) is 11.2 Å². The van der Waals surface area contributed by atoms with Crippen LogP contribution in [0.2, 0.25) is 5.02 Å². The highest BCUT2D eigenvalue weighted by Crippen LogP contribution is 2.65. The summed E-state index contributed by atoms with van der Waals surface area (Å²) in [6.07, 6.45) is -1.78. The van der Waals surface area contributed by atoms with Gasteiger partial charge in [0.05, 0.1) is 27.8 Å². The SMILES string of the molecule is CC(=O)N(CCNC1CCN(C(=O)CC23C[C@@H]2c2cc(Cl)c4[nH]ncc4c2CN(CC(F)(F)F)C3=O)CC1)c1ccccc1F. The molecule has 14 heteroatoms. The Bertz CT molecular complexity index is 1640. The quantitative estimate of drug-likeness (QED) is 0.343. The number of aromatic nitrogens is 2. The lowest BCUT2D eigenvalue weighted by Gasteiger charge is -2.34. The molecule has 3 heterocycles. The number of aromatic amines is 1. The maximum atomic E-state index is 14.2. The van der Waals surface area contributed by atoms with Gasteiger partial charge in [-0.3, -0.25) is 19.5 Å². The third-order valence-electron chi connectivity index (χ3n) is 9.32. The van der Waals surface area contributed by atoms with Crippen LogP contribution in [0.5, 0.6) is 0 Å². The van der Waals surface area contributed by atoms with E-state index < -0.39 is 35.8 Å². The number of hydrogen-bond donors (Lipinski definition) is 2.